The molecule has 0 aliphatic carbocycles. The van der Waals surface area contributed by atoms with E-state index >= 15 is 0 Å². The summed E-state index contributed by atoms with van der Waals surface area (Å²) in [5.41, 5.74) is 1.72. The largest absolute Gasteiger partial charge is 0.369 e. The van der Waals surface area contributed by atoms with Crippen LogP contribution < -0.4 is 10.2 Å². The Labute approximate surface area is 168 Å². The molecule has 1 amide bonds. The first-order valence-corrected chi connectivity index (χ1v) is 9.57. The molecule has 1 saturated heterocycles. The lowest BCUT2D eigenvalue weighted by molar-refractivity contribution is -0.120. The number of amides is 1. The number of hydrogen-bond acceptors (Lipinski definition) is 3. The van der Waals surface area contributed by atoms with E-state index < -0.39 is 0 Å². The number of piperazine rings is 1. The standard InChI is InChI=1S/C19H20Cl3N3O/c1-13(19(26)23-17-10-15(21)9-16(22)11-17)24-5-7-25(8-6-24)18-4-2-3-14(20)12-18/h2-4,9-13H,5-8H2,1H3,(H,23,26). The molecule has 1 fully saturated rings. The third-order valence-electron chi connectivity index (χ3n) is 4.54. The van der Waals surface area contributed by atoms with Gasteiger partial charge in [0.05, 0.1) is 6.04 Å². The van der Waals surface area contributed by atoms with Gasteiger partial charge in [-0.2, -0.15) is 0 Å². The predicted octanol–water partition coefficient (Wildman–Crippen LogP) is 4.80. The maximum atomic E-state index is 12.6. The van der Waals surface area contributed by atoms with Crippen molar-refractivity contribution in [1.29, 1.82) is 0 Å². The molecule has 0 saturated carbocycles. The molecule has 2 aromatic rings. The van der Waals surface area contributed by atoms with Gasteiger partial charge < -0.3 is 10.2 Å². The number of benzene rings is 2. The van der Waals surface area contributed by atoms with Gasteiger partial charge in [-0.15, -0.1) is 0 Å². The molecule has 1 aliphatic rings. The van der Waals surface area contributed by atoms with Gasteiger partial charge in [0.1, 0.15) is 0 Å². The molecule has 1 heterocycles. The average Bonchev–Trinajstić information content (AvgIpc) is 2.60. The van der Waals surface area contributed by atoms with Crippen molar-refractivity contribution in [2.24, 2.45) is 0 Å². The van der Waals surface area contributed by atoms with Gasteiger partial charge in [-0.25, -0.2) is 0 Å². The fourth-order valence-electron chi connectivity index (χ4n) is 3.08. The Balaban J connectivity index is 1.57. The van der Waals surface area contributed by atoms with E-state index in [-0.39, 0.29) is 11.9 Å². The quantitative estimate of drug-likeness (QED) is 0.784. The number of carbonyl (C=O) groups excluding carboxylic acids is 1. The summed E-state index contributed by atoms with van der Waals surface area (Å²) >= 11 is 18.0. The molecule has 7 heteroatoms. The highest BCUT2D eigenvalue weighted by molar-refractivity contribution is 6.35. The van der Waals surface area contributed by atoms with Crippen molar-refractivity contribution < 1.29 is 4.79 Å². The van der Waals surface area contributed by atoms with Gasteiger partial charge in [0.2, 0.25) is 5.91 Å². The molecule has 0 spiro atoms. The van der Waals surface area contributed by atoms with E-state index in [1.54, 1.807) is 18.2 Å². The Hall–Kier alpha value is -1.46. The Morgan fingerprint density at radius 1 is 0.962 bits per heavy atom. The van der Waals surface area contributed by atoms with Crippen LogP contribution in [0, 0.1) is 0 Å². The first-order chi connectivity index (χ1) is 12.4. The fraction of sp³-hybridized carbons (Fsp3) is 0.316. The molecule has 3 rings (SSSR count). The van der Waals surface area contributed by atoms with Crippen LogP contribution in [0.15, 0.2) is 42.5 Å². The topological polar surface area (TPSA) is 35.6 Å². The lowest BCUT2D eigenvalue weighted by Gasteiger charge is -2.38. The van der Waals surface area contributed by atoms with Crippen LogP contribution in [0.3, 0.4) is 0 Å². The van der Waals surface area contributed by atoms with Crippen molar-refractivity contribution in [3.05, 3.63) is 57.5 Å². The lowest BCUT2D eigenvalue weighted by Crippen LogP contribution is -2.52. The van der Waals surface area contributed by atoms with Crippen LogP contribution >= 0.6 is 34.8 Å². The Bertz CT molecular complexity index is 771. The van der Waals surface area contributed by atoms with Gasteiger partial charge in [-0.1, -0.05) is 40.9 Å². The van der Waals surface area contributed by atoms with Crippen molar-refractivity contribution in [2.75, 3.05) is 36.4 Å². The van der Waals surface area contributed by atoms with Crippen molar-refractivity contribution in [3.63, 3.8) is 0 Å². The Morgan fingerprint density at radius 2 is 1.62 bits per heavy atom. The molecule has 4 nitrogen and oxygen atoms in total. The van der Waals surface area contributed by atoms with E-state index in [0.29, 0.717) is 15.7 Å². The van der Waals surface area contributed by atoms with E-state index in [1.807, 2.05) is 25.1 Å². The Morgan fingerprint density at radius 3 is 2.23 bits per heavy atom. The van der Waals surface area contributed by atoms with Gasteiger partial charge in [0, 0.05) is 52.6 Å². The summed E-state index contributed by atoms with van der Waals surface area (Å²) in [5, 5.41) is 4.62. The number of rotatable bonds is 4. The summed E-state index contributed by atoms with van der Waals surface area (Å²) < 4.78 is 0. The van der Waals surface area contributed by atoms with Gasteiger partial charge in [0.25, 0.3) is 0 Å². The summed E-state index contributed by atoms with van der Waals surface area (Å²) in [6.45, 7) is 5.22. The number of anilines is 2. The highest BCUT2D eigenvalue weighted by atomic mass is 35.5. The lowest BCUT2D eigenvalue weighted by atomic mass is 10.2. The molecule has 1 N–H and O–H groups in total. The summed E-state index contributed by atoms with van der Waals surface area (Å²) in [4.78, 5) is 17.0. The van der Waals surface area contributed by atoms with Crippen molar-refractivity contribution in [2.45, 2.75) is 13.0 Å². The number of nitrogens with one attached hydrogen (secondary N) is 1. The second-order valence-electron chi connectivity index (χ2n) is 6.33. The van der Waals surface area contributed by atoms with Gasteiger partial charge in [0.15, 0.2) is 0 Å². The monoisotopic (exact) mass is 411 g/mol. The molecule has 1 aliphatic heterocycles. The molecule has 138 valence electrons. The molecule has 0 bridgehead atoms. The molecular weight excluding hydrogens is 393 g/mol. The molecule has 26 heavy (non-hydrogen) atoms. The van der Waals surface area contributed by atoms with Gasteiger partial charge >= 0.3 is 0 Å². The van der Waals surface area contributed by atoms with Gasteiger partial charge in [-0.3, -0.25) is 9.69 Å². The van der Waals surface area contributed by atoms with E-state index in [4.69, 9.17) is 34.8 Å². The summed E-state index contributed by atoms with van der Waals surface area (Å²) in [6, 6.07) is 12.6. The van der Waals surface area contributed by atoms with Crippen LogP contribution in [0.1, 0.15) is 6.92 Å². The smallest absolute Gasteiger partial charge is 0.241 e. The van der Waals surface area contributed by atoms with Crippen LogP contribution in [-0.2, 0) is 4.79 Å². The highest BCUT2D eigenvalue weighted by Gasteiger charge is 2.26. The van der Waals surface area contributed by atoms with E-state index in [0.717, 1.165) is 36.9 Å². The fourth-order valence-corrected chi connectivity index (χ4v) is 3.79. The molecule has 1 unspecified atom stereocenters. The van der Waals surface area contributed by atoms with E-state index in [1.165, 1.54) is 0 Å². The number of nitrogens with zero attached hydrogens (tertiary/aromatic N) is 2. The molecule has 0 aromatic heterocycles. The van der Waals surface area contributed by atoms with Crippen molar-refractivity contribution in [1.82, 2.24) is 4.90 Å². The first kappa shape index (κ1) is 19.3. The zero-order valence-corrected chi connectivity index (χ0v) is 16.7. The maximum Gasteiger partial charge on any atom is 0.241 e. The SMILES string of the molecule is CC(C(=O)Nc1cc(Cl)cc(Cl)c1)N1CCN(c2cccc(Cl)c2)CC1. The van der Waals surface area contributed by atoms with Crippen LogP contribution in [0.4, 0.5) is 11.4 Å². The third-order valence-corrected chi connectivity index (χ3v) is 5.22. The predicted molar refractivity (Wildman–Crippen MR) is 110 cm³/mol. The molecule has 2 aromatic carbocycles. The third kappa shape index (κ3) is 4.83. The first-order valence-electron chi connectivity index (χ1n) is 8.44. The zero-order chi connectivity index (χ0) is 18.7. The summed E-state index contributed by atoms with van der Waals surface area (Å²) in [6.07, 6.45) is 0. The summed E-state index contributed by atoms with van der Waals surface area (Å²) in [5.74, 6) is -0.0699. The van der Waals surface area contributed by atoms with E-state index in [9.17, 15) is 4.79 Å². The minimum Gasteiger partial charge on any atom is -0.369 e. The van der Waals surface area contributed by atoms with Crippen LogP contribution in [0.25, 0.3) is 0 Å². The minimum atomic E-state index is -0.241. The molecule has 1 atom stereocenters. The second-order valence-corrected chi connectivity index (χ2v) is 7.64. The van der Waals surface area contributed by atoms with Crippen LogP contribution in [-0.4, -0.2) is 43.0 Å². The van der Waals surface area contributed by atoms with Crippen molar-refractivity contribution >= 4 is 52.1 Å². The normalized spacial score (nSPS) is 16.4. The summed E-state index contributed by atoms with van der Waals surface area (Å²) in [7, 11) is 0. The number of carbonyl (C=O) groups is 1. The minimum absolute atomic E-state index is 0.0699. The zero-order valence-electron chi connectivity index (χ0n) is 14.4. The average molecular weight is 413 g/mol. The second kappa shape index (κ2) is 8.49. The van der Waals surface area contributed by atoms with Crippen LogP contribution in [0.5, 0.6) is 0 Å². The number of hydrogen-bond donors (Lipinski definition) is 1. The van der Waals surface area contributed by atoms with Gasteiger partial charge in [-0.05, 0) is 43.3 Å². The van der Waals surface area contributed by atoms with E-state index in [2.05, 4.69) is 21.2 Å². The molecule has 0 radical (unpaired) electrons. The maximum absolute atomic E-state index is 12.6. The highest BCUT2D eigenvalue weighted by Crippen LogP contribution is 2.24. The molecular formula is C19H20Cl3N3O. The number of halogens is 3. The van der Waals surface area contributed by atoms with Crippen LogP contribution in [0.2, 0.25) is 15.1 Å². The van der Waals surface area contributed by atoms with Crippen molar-refractivity contribution in [3.8, 4) is 0 Å². The Kier molecular flexibility index (Phi) is 6.30.